The highest BCUT2D eigenvalue weighted by Crippen LogP contribution is 2.41. The summed E-state index contributed by atoms with van der Waals surface area (Å²) in [4.78, 5) is 27.7. The molecule has 0 unspecified atom stereocenters. The number of hydrogen-bond acceptors (Lipinski definition) is 6. The summed E-state index contributed by atoms with van der Waals surface area (Å²) < 4.78 is 11.1. The van der Waals surface area contributed by atoms with Crippen LogP contribution in [0.25, 0.3) is 11.3 Å². The highest BCUT2D eigenvalue weighted by molar-refractivity contribution is 7.16. The topological polar surface area (TPSA) is 83.8 Å². The average molecular weight is 458 g/mol. The zero-order valence-electron chi connectivity index (χ0n) is 16.7. The molecule has 3 aromatic rings. The van der Waals surface area contributed by atoms with Crippen molar-refractivity contribution in [3.63, 3.8) is 0 Å². The molecule has 1 aromatic carbocycles. The Balaban J connectivity index is 1.38. The first kappa shape index (κ1) is 20.0. The van der Waals surface area contributed by atoms with Crippen LogP contribution in [0.15, 0.2) is 40.8 Å². The molecular formula is C22H20ClN3O4S. The predicted molar refractivity (Wildman–Crippen MR) is 118 cm³/mol. The Kier molecular flexibility index (Phi) is 5.11. The highest BCUT2D eigenvalue weighted by atomic mass is 35.5. The minimum Gasteiger partial charge on any atom is -0.457 e. The van der Waals surface area contributed by atoms with Crippen molar-refractivity contribution in [1.29, 1.82) is 0 Å². The Hall–Kier alpha value is -2.97. The lowest BCUT2D eigenvalue weighted by molar-refractivity contribution is 0.0929. The highest BCUT2D eigenvalue weighted by Gasteiger charge is 2.35. The summed E-state index contributed by atoms with van der Waals surface area (Å²) in [7, 11) is 0. The van der Waals surface area contributed by atoms with Gasteiger partial charge in [0.05, 0.1) is 18.7 Å². The number of carbonyl (C=O) groups is 2. The van der Waals surface area contributed by atoms with E-state index in [2.05, 4.69) is 10.6 Å². The van der Waals surface area contributed by atoms with Crippen LogP contribution in [0.1, 0.15) is 39.6 Å². The van der Waals surface area contributed by atoms with E-state index in [1.54, 1.807) is 11.8 Å². The van der Waals surface area contributed by atoms with Gasteiger partial charge in [-0.15, -0.1) is 11.3 Å². The lowest BCUT2D eigenvalue weighted by Crippen LogP contribution is -2.39. The molecule has 5 rings (SSSR count). The first-order chi connectivity index (χ1) is 15.0. The van der Waals surface area contributed by atoms with Gasteiger partial charge in [0.2, 0.25) is 0 Å². The van der Waals surface area contributed by atoms with Gasteiger partial charge in [-0.2, -0.15) is 0 Å². The average Bonchev–Trinajstić information content (AvgIpc) is 3.39. The molecule has 0 spiro atoms. The maximum absolute atomic E-state index is 12.9. The van der Waals surface area contributed by atoms with Crippen LogP contribution >= 0.6 is 22.9 Å². The zero-order chi connectivity index (χ0) is 21.5. The molecule has 9 heteroatoms. The van der Waals surface area contributed by atoms with E-state index in [0.29, 0.717) is 48.2 Å². The van der Waals surface area contributed by atoms with Gasteiger partial charge < -0.3 is 24.7 Å². The molecule has 0 aliphatic carbocycles. The van der Waals surface area contributed by atoms with Crippen LogP contribution in [0.2, 0.25) is 5.02 Å². The number of amides is 2. The van der Waals surface area contributed by atoms with E-state index in [1.807, 2.05) is 36.4 Å². The van der Waals surface area contributed by atoms with E-state index in [0.717, 1.165) is 21.0 Å². The number of furan rings is 1. The third-order valence-corrected chi connectivity index (χ3v) is 6.80. The van der Waals surface area contributed by atoms with E-state index < -0.39 is 6.17 Å². The SMILES string of the molecule is CCOC(=O)N1CCc2c(sc3c2C(=O)N[C@@H](c2ccc(-c4ccc(Cl)cc4)o2)N3)C1. The number of ether oxygens (including phenoxy) is 1. The van der Waals surface area contributed by atoms with Gasteiger partial charge in [-0.05, 0) is 55.3 Å². The van der Waals surface area contributed by atoms with Crippen molar-refractivity contribution < 1.29 is 18.7 Å². The molecule has 0 fully saturated rings. The molecule has 31 heavy (non-hydrogen) atoms. The quantitative estimate of drug-likeness (QED) is 0.576. The van der Waals surface area contributed by atoms with Gasteiger partial charge in [0.25, 0.3) is 5.91 Å². The maximum atomic E-state index is 12.9. The van der Waals surface area contributed by atoms with Crippen LogP contribution in [0.3, 0.4) is 0 Å². The fourth-order valence-corrected chi connectivity index (χ4v) is 5.32. The number of nitrogens with zero attached hydrogens (tertiary/aromatic N) is 1. The van der Waals surface area contributed by atoms with Gasteiger partial charge in [-0.25, -0.2) is 4.79 Å². The van der Waals surface area contributed by atoms with Crippen LogP contribution in [-0.2, 0) is 17.7 Å². The smallest absolute Gasteiger partial charge is 0.410 e. The van der Waals surface area contributed by atoms with E-state index in [9.17, 15) is 9.59 Å². The molecule has 0 bridgehead atoms. The first-order valence-corrected chi connectivity index (χ1v) is 11.2. The van der Waals surface area contributed by atoms with Crippen LogP contribution in [0.5, 0.6) is 0 Å². The van der Waals surface area contributed by atoms with Gasteiger partial charge in [0.1, 0.15) is 16.5 Å². The second kappa shape index (κ2) is 7.94. The predicted octanol–water partition coefficient (Wildman–Crippen LogP) is 5.03. The van der Waals surface area contributed by atoms with Crippen molar-refractivity contribution in [1.82, 2.24) is 10.2 Å². The van der Waals surface area contributed by atoms with Gasteiger partial charge in [0.15, 0.2) is 6.17 Å². The molecule has 1 atom stereocenters. The summed E-state index contributed by atoms with van der Waals surface area (Å²) in [6.45, 7) is 3.12. The Morgan fingerprint density at radius 3 is 2.84 bits per heavy atom. The monoisotopic (exact) mass is 457 g/mol. The van der Waals surface area contributed by atoms with Crippen molar-refractivity contribution in [2.24, 2.45) is 0 Å². The van der Waals surface area contributed by atoms with E-state index in [1.165, 1.54) is 11.3 Å². The Morgan fingerprint density at radius 2 is 2.06 bits per heavy atom. The van der Waals surface area contributed by atoms with Crippen LogP contribution in [-0.4, -0.2) is 30.1 Å². The van der Waals surface area contributed by atoms with Crippen LogP contribution in [0, 0.1) is 0 Å². The van der Waals surface area contributed by atoms with E-state index in [-0.39, 0.29) is 12.0 Å². The fourth-order valence-electron chi connectivity index (χ4n) is 3.91. The molecule has 7 nitrogen and oxygen atoms in total. The molecule has 2 aliphatic rings. The standard InChI is InChI=1S/C22H20ClN3O4S/c1-2-29-22(28)26-10-9-14-17(11-26)31-21-18(14)20(27)24-19(25-21)16-8-7-15(30-16)12-3-5-13(23)6-4-12/h3-8,19,25H,2,9-11H2,1H3,(H,24,27)/t19-/m1/s1. The number of halogens is 1. The molecule has 2 aliphatic heterocycles. The molecule has 0 radical (unpaired) electrons. The normalized spacial score (nSPS) is 17.4. The van der Waals surface area contributed by atoms with Gasteiger partial charge in [0, 0.05) is 22.0 Å². The third kappa shape index (κ3) is 3.66. The number of benzene rings is 1. The first-order valence-electron chi connectivity index (χ1n) is 10.0. The summed E-state index contributed by atoms with van der Waals surface area (Å²) in [6.07, 6.45) is -0.163. The number of fused-ring (bicyclic) bond motifs is 3. The van der Waals surface area contributed by atoms with E-state index in [4.69, 9.17) is 20.8 Å². The number of rotatable bonds is 3. The second-order valence-electron chi connectivity index (χ2n) is 7.34. The minimum absolute atomic E-state index is 0.134. The minimum atomic E-state index is -0.470. The molecule has 2 N–H and O–H groups in total. The van der Waals surface area contributed by atoms with Gasteiger partial charge in [-0.3, -0.25) is 4.79 Å². The number of thiophene rings is 1. The van der Waals surface area contributed by atoms with Crippen molar-refractivity contribution in [3.05, 3.63) is 63.2 Å². The number of nitrogens with one attached hydrogen (secondary N) is 2. The summed E-state index contributed by atoms with van der Waals surface area (Å²) in [5.41, 5.74) is 2.58. The van der Waals surface area contributed by atoms with Crippen molar-refractivity contribution in [3.8, 4) is 11.3 Å². The summed E-state index contributed by atoms with van der Waals surface area (Å²) in [6, 6.07) is 11.1. The molecular weight excluding hydrogens is 438 g/mol. The lowest BCUT2D eigenvalue weighted by atomic mass is 10.0. The van der Waals surface area contributed by atoms with Crippen molar-refractivity contribution >= 4 is 39.9 Å². The largest absolute Gasteiger partial charge is 0.457 e. The van der Waals surface area contributed by atoms with Gasteiger partial charge >= 0.3 is 6.09 Å². The Bertz CT molecular complexity index is 1150. The second-order valence-corrected chi connectivity index (χ2v) is 8.88. The fraction of sp³-hybridized carbons (Fsp3) is 0.273. The van der Waals surface area contributed by atoms with Crippen LogP contribution in [0.4, 0.5) is 9.80 Å². The Morgan fingerprint density at radius 1 is 1.26 bits per heavy atom. The number of anilines is 1. The Labute approximate surface area is 187 Å². The van der Waals surface area contributed by atoms with E-state index >= 15 is 0 Å². The molecule has 4 heterocycles. The molecule has 2 aromatic heterocycles. The summed E-state index contributed by atoms with van der Waals surface area (Å²) >= 11 is 7.47. The molecule has 2 amide bonds. The number of hydrogen-bond donors (Lipinski definition) is 2. The van der Waals surface area contributed by atoms with Crippen molar-refractivity contribution in [2.45, 2.75) is 26.1 Å². The lowest BCUT2D eigenvalue weighted by Gasteiger charge is -2.27. The number of carbonyl (C=O) groups excluding carboxylic acids is 2. The third-order valence-electron chi connectivity index (χ3n) is 5.40. The molecule has 0 saturated heterocycles. The van der Waals surface area contributed by atoms with Crippen LogP contribution < -0.4 is 10.6 Å². The van der Waals surface area contributed by atoms with Crippen molar-refractivity contribution in [2.75, 3.05) is 18.5 Å². The zero-order valence-corrected chi connectivity index (χ0v) is 18.3. The maximum Gasteiger partial charge on any atom is 0.410 e. The van der Waals surface area contributed by atoms with Gasteiger partial charge in [-0.1, -0.05) is 11.6 Å². The summed E-state index contributed by atoms with van der Waals surface area (Å²) in [5.74, 6) is 1.18. The summed E-state index contributed by atoms with van der Waals surface area (Å²) in [5, 5.41) is 7.83. The molecule has 160 valence electrons. The molecule has 0 saturated carbocycles.